The van der Waals surface area contributed by atoms with Crippen LogP contribution in [-0.4, -0.2) is 97.3 Å². The number of ether oxygens (including phenoxy) is 2. The number of rotatable bonds is 4. The van der Waals surface area contributed by atoms with Crippen molar-refractivity contribution in [2.75, 3.05) is 13.2 Å². The lowest BCUT2D eigenvalue weighted by molar-refractivity contribution is -0.299. The number of carbonyl (C=O) groups is 1. The van der Waals surface area contributed by atoms with E-state index in [1.165, 1.54) is 0 Å². The van der Waals surface area contributed by atoms with Gasteiger partial charge < -0.3 is 45.2 Å². The molecule has 0 aromatic heterocycles. The lowest BCUT2D eigenvalue weighted by Gasteiger charge is -2.72. The summed E-state index contributed by atoms with van der Waals surface area (Å²) >= 11 is 0. The van der Waals surface area contributed by atoms with Crippen LogP contribution in [0, 0.1) is 50.7 Å². The molecule has 10 heteroatoms. The van der Waals surface area contributed by atoms with Crippen molar-refractivity contribution in [3.63, 3.8) is 0 Å². The van der Waals surface area contributed by atoms with E-state index in [1.807, 2.05) is 20.8 Å². The maximum absolute atomic E-state index is 14.5. The van der Waals surface area contributed by atoms with Gasteiger partial charge in [-0.15, -0.1) is 0 Å². The van der Waals surface area contributed by atoms with Crippen molar-refractivity contribution in [3.05, 3.63) is 11.6 Å². The summed E-state index contributed by atoms with van der Waals surface area (Å²) in [6.45, 7) is 12.3. The lowest BCUT2D eigenvalue weighted by Crippen LogP contribution is -2.68. The minimum atomic E-state index is -1.70. The van der Waals surface area contributed by atoms with Crippen LogP contribution in [0.3, 0.4) is 0 Å². The molecule has 5 fully saturated rings. The molecule has 7 N–H and O–H groups in total. The molecule has 0 aromatic rings. The Bertz CT molecular complexity index is 1240. The topological polar surface area (TPSA) is 177 Å². The van der Waals surface area contributed by atoms with Crippen LogP contribution in [0.5, 0.6) is 0 Å². The van der Waals surface area contributed by atoms with Gasteiger partial charge in [0, 0.05) is 11.3 Å². The maximum Gasteiger partial charge on any atom is 0.315 e. The van der Waals surface area contributed by atoms with Gasteiger partial charge in [0.2, 0.25) is 6.29 Å². The molecule has 4 saturated carbocycles. The molecule has 0 spiro atoms. The van der Waals surface area contributed by atoms with Crippen molar-refractivity contribution in [1.29, 1.82) is 0 Å². The molecule has 262 valence electrons. The zero-order valence-electron chi connectivity index (χ0n) is 28.5. The predicted molar refractivity (Wildman–Crippen MR) is 168 cm³/mol. The molecular formula is C36H58O10. The van der Waals surface area contributed by atoms with Crippen LogP contribution in [0.1, 0.15) is 99.3 Å². The third-order valence-corrected chi connectivity index (χ3v) is 15.7. The van der Waals surface area contributed by atoms with E-state index >= 15 is 0 Å². The second-order valence-electron chi connectivity index (χ2n) is 17.4. The summed E-state index contributed by atoms with van der Waals surface area (Å²) in [6, 6.07) is 0. The molecule has 10 nitrogen and oxygen atoms in total. The molecule has 1 saturated heterocycles. The van der Waals surface area contributed by atoms with Crippen LogP contribution in [0.25, 0.3) is 0 Å². The van der Waals surface area contributed by atoms with E-state index in [2.05, 4.69) is 26.8 Å². The van der Waals surface area contributed by atoms with Gasteiger partial charge in [0.15, 0.2) is 0 Å². The van der Waals surface area contributed by atoms with Crippen LogP contribution in [0.4, 0.5) is 0 Å². The van der Waals surface area contributed by atoms with Crippen LogP contribution >= 0.6 is 0 Å². The summed E-state index contributed by atoms with van der Waals surface area (Å²) in [4.78, 5) is 14.5. The normalized spacial score (nSPS) is 56.8. The van der Waals surface area contributed by atoms with Crippen molar-refractivity contribution in [2.24, 2.45) is 50.7 Å². The smallest absolute Gasteiger partial charge is 0.315 e. The van der Waals surface area contributed by atoms with E-state index in [9.17, 15) is 40.5 Å². The van der Waals surface area contributed by atoms with Crippen molar-refractivity contribution >= 4 is 5.97 Å². The summed E-state index contributed by atoms with van der Waals surface area (Å²) in [5, 5.41) is 75.0. The third-order valence-electron chi connectivity index (χ3n) is 15.7. The molecule has 1 aliphatic heterocycles. The molecule has 0 unspecified atom stereocenters. The summed E-state index contributed by atoms with van der Waals surface area (Å²) in [7, 11) is 0. The first-order valence-corrected chi connectivity index (χ1v) is 17.6. The van der Waals surface area contributed by atoms with E-state index in [-0.39, 0.29) is 34.7 Å². The summed E-state index contributed by atoms with van der Waals surface area (Å²) in [5.74, 6) is -0.749. The molecule has 0 amide bonds. The van der Waals surface area contributed by atoms with E-state index in [0.717, 1.165) is 31.3 Å². The second-order valence-corrected chi connectivity index (χ2v) is 17.4. The molecular weight excluding hydrogens is 592 g/mol. The maximum atomic E-state index is 14.5. The van der Waals surface area contributed by atoms with Crippen LogP contribution in [0.2, 0.25) is 0 Å². The van der Waals surface area contributed by atoms with Crippen LogP contribution in [0.15, 0.2) is 11.6 Å². The molecule has 1 heterocycles. The fourth-order valence-electron chi connectivity index (χ4n) is 12.3. The van der Waals surface area contributed by atoms with Crippen LogP contribution < -0.4 is 0 Å². The van der Waals surface area contributed by atoms with Crippen molar-refractivity contribution in [2.45, 2.75) is 142 Å². The monoisotopic (exact) mass is 650 g/mol. The van der Waals surface area contributed by atoms with E-state index < -0.39 is 71.7 Å². The molecule has 0 bridgehead atoms. The number of hydrogen-bond donors (Lipinski definition) is 7. The molecule has 0 aromatic carbocycles. The highest BCUT2D eigenvalue weighted by Gasteiger charge is 2.72. The Hall–Kier alpha value is -1.11. The van der Waals surface area contributed by atoms with Crippen LogP contribution in [-0.2, 0) is 14.3 Å². The Kier molecular flexibility index (Phi) is 8.46. The number of allylic oxidation sites excluding steroid dienone is 1. The minimum absolute atomic E-state index is 0.0435. The zero-order valence-corrected chi connectivity index (χ0v) is 28.5. The average molecular weight is 651 g/mol. The van der Waals surface area contributed by atoms with Gasteiger partial charge in [-0.1, -0.05) is 46.3 Å². The first-order chi connectivity index (χ1) is 21.4. The third kappa shape index (κ3) is 4.39. The zero-order chi connectivity index (χ0) is 33.8. The van der Waals surface area contributed by atoms with Crippen molar-refractivity contribution in [1.82, 2.24) is 0 Å². The Morgan fingerprint density at radius 2 is 1.59 bits per heavy atom. The second kappa shape index (κ2) is 11.2. The number of aliphatic hydroxyl groups excluding tert-OH is 6. The highest BCUT2D eigenvalue weighted by molar-refractivity contribution is 5.79. The van der Waals surface area contributed by atoms with Gasteiger partial charge in [0.05, 0.1) is 30.3 Å². The van der Waals surface area contributed by atoms with Gasteiger partial charge in [-0.2, -0.15) is 0 Å². The Morgan fingerprint density at radius 3 is 2.24 bits per heavy atom. The van der Waals surface area contributed by atoms with E-state index in [4.69, 9.17) is 9.47 Å². The van der Waals surface area contributed by atoms with Gasteiger partial charge in [-0.25, -0.2) is 0 Å². The summed E-state index contributed by atoms with van der Waals surface area (Å²) < 4.78 is 11.5. The van der Waals surface area contributed by atoms with Crippen molar-refractivity contribution in [3.8, 4) is 0 Å². The highest BCUT2D eigenvalue weighted by Crippen LogP contribution is 2.76. The molecule has 6 rings (SSSR count). The number of aliphatic hydroxyl groups is 7. The summed E-state index contributed by atoms with van der Waals surface area (Å²) in [6.07, 6.45) is 0.492. The predicted octanol–water partition coefficient (Wildman–Crippen LogP) is 2.44. The van der Waals surface area contributed by atoms with E-state index in [0.29, 0.717) is 38.0 Å². The number of carbonyl (C=O) groups excluding carboxylic acids is 1. The van der Waals surface area contributed by atoms with E-state index in [1.54, 1.807) is 0 Å². The highest BCUT2D eigenvalue weighted by atomic mass is 16.7. The summed E-state index contributed by atoms with van der Waals surface area (Å²) in [5.41, 5.74) is -2.34. The van der Waals surface area contributed by atoms with Gasteiger partial charge >= 0.3 is 5.97 Å². The first-order valence-electron chi connectivity index (χ1n) is 17.6. The standard InChI is InChI=1S/C36H58O10/c1-19-9-14-36(30(43)46-29-27(42)26(41)25(40)21(17-37)45-29)16-15-33(4)20(28(36)35(19,6)44)7-8-23-31(2)12-11-24(39)32(3,18-38)22(31)10-13-34(23,33)5/h7,19,21-29,37-42,44H,8-18H2,1-6H3/t19-,21-,22-,23-,24-,25-,26+,27-,28-,29+,31+,32-,33-,34-,35-,36+/m1/s1. The fourth-order valence-corrected chi connectivity index (χ4v) is 12.3. The first kappa shape index (κ1) is 34.7. The minimum Gasteiger partial charge on any atom is -0.432 e. The molecule has 46 heavy (non-hydrogen) atoms. The average Bonchev–Trinajstić information content (AvgIpc) is 3.01. The Morgan fingerprint density at radius 1 is 0.891 bits per heavy atom. The Balaban J connectivity index is 1.39. The van der Waals surface area contributed by atoms with Gasteiger partial charge in [0.1, 0.15) is 24.4 Å². The number of esters is 1. The molecule has 0 radical (unpaired) electrons. The number of hydrogen-bond acceptors (Lipinski definition) is 10. The SMILES string of the molecule is C[C@@H]1CC[C@]2(C(=O)O[C@@H]3O[C@H](CO)[C@@H](O)[C@H](O)[C@H]3O)CC[C@]3(C)C(=CC[C@@H]4[C@@]5(C)CC[C@@H](O)[C@](C)(CO)[C@@H]5CC[C@]43C)[C@@H]2[C@]1(C)O. The molecule has 5 aliphatic carbocycles. The van der Waals surface area contributed by atoms with Gasteiger partial charge in [-0.05, 0) is 98.7 Å². The largest absolute Gasteiger partial charge is 0.432 e. The lowest BCUT2D eigenvalue weighted by atomic mass is 9.33. The Labute approximate surface area is 273 Å². The number of fused-ring (bicyclic) bond motifs is 7. The fraction of sp³-hybridized carbons (Fsp3) is 0.917. The molecule has 6 aliphatic rings. The van der Waals surface area contributed by atoms with Gasteiger partial charge in [-0.3, -0.25) is 4.79 Å². The van der Waals surface area contributed by atoms with Crippen molar-refractivity contribution < 1.29 is 50.0 Å². The van der Waals surface area contributed by atoms with Gasteiger partial charge in [0.25, 0.3) is 0 Å². The molecule has 16 atom stereocenters. The quantitative estimate of drug-likeness (QED) is 0.177.